The summed E-state index contributed by atoms with van der Waals surface area (Å²) in [6, 6.07) is 3.61. The number of halogens is 2. The Morgan fingerprint density at radius 3 is 2.67 bits per heavy atom. The fraction of sp³-hybridized carbons (Fsp3) is 0. The molecule has 0 fully saturated rings. The van der Waals surface area contributed by atoms with Gasteiger partial charge in [0.2, 0.25) is 0 Å². The second kappa shape index (κ2) is 3.86. The lowest BCUT2D eigenvalue weighted by Gasteiger charge is -2.01. The number of aromatic amines is 1. The molecule has 1 aromatic heterocycles. The van der Waals surface area contributed by atoms with Crippen molar-refractivity contribution in [2.24, 2.45) is 0 Å². The van der Waals surface area contributed by atoms with E-state index in [-0.39, 0.29) is 0 Å². The van der Waals surface area contributed by atoms with Crippen LogP contribution in [-0.4, -0.2) is 9.97 Å². The molecular weight excluding hydrogens is 218 g/mol. The van der Waals surface area contributed by atoms with Crippen molar-refractivity contribution in [3.05, 3.63) is 47.0 Å². The molecule has 0 aliphatic rings. The SMILES string of the molecule is Fc1ccc(-c2cnc[nH]c2=S)cc1F. The van der Waals surface area contributed by atoms with Crippen LogP contribution in [0.2, 0.25) is 0 Å². The molecule has 0 saturated heterocycles. The van der Waals surface area contributed by atoms with Gasteiger partial charge in [-0.2, -0.15) is 0 Å². The molecule has 0 atom stereocenters. The maximum absolute atomic E-state index is 13.0. The predicted molar refractivity (Wildman–Crippen MR) is 54.8 cm³/mol. The molecule has 0 aliphatic carbocycles. The van der Waals surface area contributed by atoms with E-state index < -0.39 is 11.6 Å². The van der Waals surface area contributed by atoms with Gasteiger partial charge in [-0.1, -0.05) is 18.3 Å². The Balaban J connectivity index is 2.60. The monoisotopic (exact) mass is 224 g/mol. The summed E-state index contributed by atoms with van der Waals surface area (Å²) >= 11 is 5.00. The van der Waals surface area contributed by atoms with E-state index in [9.17, 15) is 8.78 Å². The zero-order chi connectivity index (χ0) is 10.8. The van der Waals surface area contributed by atoms with Crippen LogP contribution in [0.1, 0.15) is 0 Å². The molecule has 2 nitrogen and oxygen atoms in total. The summed E-state index contributed by atoms with van der Waals surface area (Å²) in [5, 5.41) is 0. The molecule has 0 bridgehead atoms. The van der Waals surface area contributed by atoms with Crippen LogP contribution in [-0.2, 0) is 0 Å². The minimum absolute atomic E-state index is 0.441. The van der Waals surface area contributed by atoms with Crippen LogP contribution < -0.4 is 0 Å². The van der Waals surface area contributed by atoms with Gasteiger partial charge in [0, 0.05) is 11.8 Å². The van der Waals surface area contributed by atoms with Crippen molar-refractivity contribution in [3.8, 4) is 11.1 Å². The Bertz CT molecular complexity index is 551. The summed E-state index contributed by atoms with van der Waals surface area (Å²) in [6.45, 7) is 0. The fourth-order valence-corrected chi connectivity index (χ4v) is 1.44. The molecule has 2 rings (SSSR count). The number of aromatic nitrogens is 2. The Labute approximate surface area is 89.6 Å². The lowest BCUT2D eigenvalue weighted by atomic mass is 10.1. The molecule has 1 N–H and O–H groups in total. The average molecular weight is 224 g/mol. The summed E-state index contributed by atoms with van der Waals surface area (Å²) in [4.78, 5) is 6.56. The van der Waals surface area contributed by atoms with E-state index in [4.69, 9.17) is 12.2 Å². The summed E-state index contributed by atoms with van der Waals surface area (Å²) < 4.78 is 26.1. The molecule has 0 spiro atoms. The summed E-state index contributed by atoms with van der Waals surface area (Å²) in [7, 11) is 0. The molecule has 2 aromatic rings. The molecule has 5 heteroatoms. The number of H-pyrrole nitrogens is 1. The molecule has 15 heavy (non-hydrogen) atoms. The van der Waals surface area contributed by atoms with E-state index in [0.29, 0.717) is 15.8 Å². The van der Waals surface area contributed by atoms with Gasteiger partial charge < -0.3 is 4.98 Å². The number of benzene rings is 1. The van der Waals surface area contributed by atoms with Gasteiger partial charge in [-0.3, -0.25) is 0 Å². The van der Waals surface area contributed by atoms with E-state index in [0.717, 1.165) is 12.1 Å². The lowest BCUT2D eigenvalue weighted by Crippen LogP contribution is -1.88. The highest BCUT2D eigenvalue weighted by Crippen LogP contribution is 2.20. The molecule has 0 radical (unpaired) electrons. The largest absolute Gasteiger partial charge is 0.337 e. The second-order valence-electron chi connectivity index (χ2n) is 2.92. The number of rotatable bonds is 1. The Hall–Kier alpha value is -1.62. The minimum Gasteiger partial charge on any atom is -0.337 e. The minimum atomic E-state index is -0.897. The Morgan fingerprint density at radius 1 is 1.20 bits per heavy atom. The molecule has 0 amide bonds. The highest BCUT2D eigenvalue weighted by atomic mass is 32.1. The van der Waals surface area contributed by atoms with Gasteiger partial charge in [0.1, 0.15) is 4.64 Å². The molecule has 0 saturated carbocycles. The van der Waals surface area contributed by atoms with Gasteiger partial charge >= 0.3 is 0 Å². The summed E-state index contributed by atoms with van der Waals surface area (Å²) in [5.74, 6) is -1.77. The van der Waals surface area contributed by atoms with Crippen molar-refractivity contribution in [3.63, 3.8) is 0 Å². The molecule has 1 heterocycles. The first-order valence-corrected chi connectivity index (χ1v) is 4.57. The topological polar surface area (TPSA) is 28.7 Å². The molecule has 1 aromatic carbocycles. The standard InChI is InChI=1S/C10H6F2N2S/c11-8-2-1-6(3-9(8)12)7-4-13-5-14-10(7)15/h1-5H,(H,13,14,15). The zero-order valence-electron chi connectivity index (χ0n) is 7.50. The van der Waals surface area contributed by atoms with Crippen LogP contribution in [0, 0.1) is 16.3 Å². The number of hydrogen-bond donors (Lipinski definition) is 1. The van der Waals surface area contributed by atoms with Crippen LogP contribution in [0.3, 0.4) is 0 Å². The predicted octanol–water partition coefficient (Wildman–Crippen LogP) is 3.08. The summed E-state index contributed by atoms with van der Waals surface area (Å²) in [6.07, 6.45) is 2.94. The van der Waals surface area contributed by atoms with Gasteiger partial charge in [-0.05, 0) is 17.7 Å². The van der Waals surface area contributed by atoms with Gasteiger partial charge in [0.25, 0.3) is 0 Å². The first kappa shape index (κ1) is 9.92. The van der Waals surface area contributed by atoms with Gasteiger partial charge in [0.15, 0.2) is 11.6 Å². The molecule has 0 aliphatic heterocycles. The summed E-state index contributed by atoms with van der Waals surface area (Å²) in [5.41, 5.74) is 1.08. The van der Waals surface area contributed by atoms with E-state index >= 15 is 0 Å². The van der Waals surface area contributed by atoms with Gasteiger partial charge in [-0.25, -0.2) is 13.8 Å². The molecular formula is C10H6F2N2S. The van der Waals surface area contributed by atoms with E-state index in [2.05, 4.69) is 9.97 Å². The Morgan fingerprint density at radius 2 is 2.00 bits per heavy atom. The number of nitrogens with one attached hydrogen (secondary N) is 1. The van der Waals surface area contributed by atoms with E-state index in [1.54, 1.807) is 0 Å². The van der Waals surface area contributed by atoms with Crippen LogP contribution >= 0.6 is 12.2 Å². The highest BCUT2D eigenvalue weighted by Gasteiger charge is 2.05. The van der Waals surface area contributed by atoms with Crippen LogP contribution in [0.25, 0.3) is 11.1 Å². The molecule has 76 valence electrons. The van der Waals surface area contributed by atoms with Crippen molar-refractivity contribution < 1.29 is 8.78 Å². The van der Waals surface area contributed by atoms with Crippen LogP contribution in [0.4, 0.5) is 8.78 Å². The van der Waals surface area contributed by atoms with Crippen molar-refractivity contribution in [1.29, 1.82) is 0 Å². The van der Waals surface area contributed by atoms with Gasteiger partial charge in [-0.15, -0.1) is 0 Å². The van der Waals surface area contributed by atoms with Crippen LogP contribution in [0.15, 0.2) is 30.7 Å². The number of hydrogen-bond acceptors (Lipinski definition) is 2. The van der Waals surface area contributed by atoms with Crippen molar-refractivity contribution in [1.82, 2.24) is 9.97 Å². The van der Waals surface area contributed by atoms with Crippen molar-refractivity contribution in [2.75, 3.05) is 0 Å². The van der Waals surface area contributed by atoms with E-state index in [1.807, 2.05) is 0 Å². The van der Waals surface area contributed by atoms with E-state index in [1.165, 1.54) is 18.6 Å². The number of nitrogens with zero attached hydrogens (tertiary/aromatic N) is 1. The third kappa shape index (κ3) is 1.92. The molecule has 0 unspecified atom stereocenters. The highest BCUT2D eigenvalue weighted by molar-refractivity contribution is 7.71. The normalized spacial score (nSPS) is 10.3. The fourth-order valence-electron chi connectivity index (χ4n) is 1.21. The maximum Gasteiger partial charge on any atom is 0.159 e. The first-order valence-electron chi connectivity index (χ1n) is 4.16. The van der Waals surface area contributed by atoms with Crippen molar-refractivity contribution >= 4 is 12.2 Å². The average Bonchev–Trinajstić information content (AvgIpc) is 2.23. The second-order valence-corrected chi connectivity index (χ2v) is 3.33. The third-order valence-corrected chi connectivity index (χ3v) is 2.29. The van der Waals surface area contributed by atoms with Crippen molar-refractivity contribution in [2.45, 2.75) is 0 Å². The van der Waals surface area contributed by atoms with Gasteiger partial charge in [0.05, 0.1) is 6.33 Å². The third-order valence-electron chi connectivity index (χ3n) is 1.95. The zero-order valence-corrected chi connectivity index (χ0v) is 8.31. The first-order chi connectivity index (χ1) is 7.18. The Kier molecular flexibility index (Phi) is 2.55. The lowest BCUT2D eigenvalue weighted by molar-refractivity contribution is 0.509. The van der Waals surface area contributed by atoms with Crippen LogP contribution in [0.5, 0.6) is 0 Å². The smallest absolute Gasteiger partial charge is 0.159 e. The quantitative estimate of drug-likeness (QED) is 0.754. The maximum atomic E-state index is 13.0.